The SMILES string of the molecule is Cc1ccc(Cc2nc3ncnc(N)c3[nH]2)cc1. The summed E-state index contributed by atoms with van der Waals surface area (Å²) in [7, 11) is 0. The van der Waals surface area contributed by atoms with Crippen LogP contribution in [0.15, 0.2) is 30.6 Å². The van der Waals surface area contributed by atoms with Crippen LogP contribution in [0, 0.1) is 6.92 Å². The average molecular weight is 239 g/mol. The van der Waals surface area contributed by atoms with Gasteiger partial charge in [0.2, 0.25) is 0 Å². The molecule has 0 spiro atoms. The summed E-state index contributed by atoms with van der Waals surface area (Å²) >= 11 is 0. The number of fused-ring (bicyclic) bond motifs is 1. The van der Waals surface area contributed by atoms with E-state index in [1.807, 2.05) is 0 Å². The molecule has 0 aliphatic carbocycles. The Labute approximate surface area is 104 Å². The topological polar surface area (TPSA) is 80.5 Å². The Hall–Kier alpha value is -2.43. The molecule has 3 rings (SSSR count). The minimum Gasteiger partial charge on any atom is -0.382 e. The maximum atomic E-state index is 5.76. The minimum absolute atomic E-state index is 0.433. The molecule has 0 atom stereocenters. The third-order valence-corrected chi connectivity index (χ3v) is 2.86. The number of nitrogens with zero attached hydrogens (tertiary/aromatic N) is 3. The van der Waals surface area contributed by atoms with Crippen molar-refractivity contribution in [2.45, 2.75) is 13.3 Å². The van der Waals surface area contributed by atoms with Crippen molar-refractivity contribution in [1.29, 1.82) is 0 Å². The number of aromatic amines is 1. The zero-order valence-electron chi connectivity index (χ0n) is 10.0. The van der Waals surface area contributed by atoms with Gasteiger partial charge in [-0.15, -0.1) is 0 Å². The highest BCUT2D eigenvalue weighted by atomic mass is 15.0. The van der Waals surface area contributed by atoms with Gasteiger partial charge in [-0.3, -0.25) is 0 Å². The molecule has 5 heteroatoms. The third-order valence-electron chi connectivity index (χ3n) is 2.86. The van der Waals surface area contributed by atoms with Crippen molar-refractivity contribution < 1.29 is 0 Å². The molecule has 2 heterocycles. The normalized spacial score (nSPS) is 10.9. The molecule has 0 aliphatic rings. The van der Waals surface area contributed by atoms with Gasteiger partial charge in [0, 0.05) is 6.42 Å². The smallest absolute Gasteiger partial charge is 0.183 e. The highest BCUT2D eigenvalue weighted by Gasteiger charge is 2.07. The molecule has 0 unspecified atom stereocenters. The van der Waals surface area contributed by atoms with E-state index >= 15 is 0 Å². The van der Waals surface area contributed by atoms with Crippen molar-refractivity contribution in [2.75, 3.05) is 5.73 Å². The lowest BCUT2D eigenvalue weighted by atomic mass is 10.1. The van der Waals surface area contributed by atoms with Gasteiger partial charge >= 0.3 is 0 Å². The van der Waals surface area contributed by atoms with Gasteiger partial charge in [0.1, 0.15) is 17.7 Å². The molecule has 18 heavy (non-hydrogen) atoms. The first-order valence-corrected chi connectivity index (χ1v) is 5.73. The Morgan fingerprint density at radius 2 is 1.94 bits per heavy atom. The van der Waals surface area contributed by atoms with Crippen LogP contribution in [0.1, 0.15) is 17.0 Å². The van der Waals surface area contributed by atoms with Crippen LogP contribution in [-0.2, 0) is 6.42 Å². The number of nitrogens with one attached hydrogen (secondary N) is 1. The molecule has 0 aliphatic heterocycles. The van der Waals surface area contributed by atoms with Crippen LogP contribution in [0.25, 0.3) is 11.2 Å². The van der Waals surface area contributed by atoms with Crippen LogP contribution >= 0.6 is 0 Å². The highest BCUT2D eigenvalue weighted by molar-refractivity contribution is 5.81. The summed E-state index contributed by atoms with van der Waals surface area (Å²) in [4.78, 5) is 15.6. The molecule has 3 aromatic rings. The van der Waals surface area contributed by atoms with E-state index in [0.29, 0.717) is 17.0 Å². The van der Waals surface area contributed by atoms with Crippen LogP contribution in [0.5, 0.6) is 0 Å². The molecular weight excluding hydrogens is 226 g/mol. The first-order chi connectivity index (χ1) is 8.72. The Morgan fingerprint density at radius 3 is 2.67 bits per heavy atom. The molecule has 0 saturated heterocycles. The summed E-state index contributed by atoms with van der Waals surface area (Å²) in [5.74, 6) is 1.28. The van der Waals surface area contributed by atoms with Gasteiger partial charge in [-0.05, 0) is 12.5 Å². The molecule has 0 amide bonds. The zero-order chi connectivity index (χ0) is 12.5. The van der Waals surface area contributed by atoms with E-state index in [2.05, 4.69) is 51.1 Å². The maximum Gasteiger partial charge on any atom is 0.183 e. The number of H-pyrrole nitrogens is 1. The third kappa shape index (κ3) is 1.90. The molecule has 3 N–H and O–H groups in total. The Kier molecular flexibility index (Phi) is 2.44. The number of anilines is 1. The Morgan fingerprint density at radius 1 is 1.17 bits per heavy atom. The van der Waals surface area contributed by atoms with Crippen molar-refractivity contribution in [3.8, 4) is 0 Å². The van der Waals surface area contributed by atoms with Gasteiger partial charge in [-0.25, -0.2) is 15.0 Å². The highest BCUT2D eigenvalue weighted by Crippen LogP contribution is 2.15. The van der Waals surface area contributed by atoms with E-state index in [9.17, 15) is 0 Å². The number of rotatable bonds is 2. The molecule has 0 saturated carbocycles. The molecule has 1 aromatic carbocycles. The number of aryl methyl sites for hydroxylation is 1. The molecule has 0 bridgehead atoms. The lowest BCUT2D eigenvalue weighted by Crippen LogP contribution is -1.92. The van der Waals surface area contributed by atoms with Gasteiger partial charge in [-0.1, -0.05) is 29.8 Å². The van der Waals surface area contributed by atoms with Gasteiger partial charge in [0.25, 0.3) is 0 Å². The quantitative estimate of drug-likeness (QED) is 0.715. The standard InChI is InChI=1S/C13H13N5/c1-8-2-4-9(5-3-8)6-10-17-11-12(14)15-7-16-13(11)18-10/h2-5,7H,6H2,1H3,(H3,14,15,16,17,18). The second-order valence-corrected chi connectivity index (χ2v) is 4.30. The zero-order valence-corrected chi connectivity index (χ0v) is 10.0. The first-order valence-electron chi connectivity index (χ1n) is 5.73. The molecule has 5 nitrogen and oxygen atoms in total. The van der Waals surface area contributed by atoms with E-state index in [1.165, 1.54) is 17.5 Å². The summed E-state index contributed by atoms with van der Waals surface area (Å²) in [6.45, 7) is 2.07. The van der Waals surface area contributed by atoms with E-state index in [0.717, 1.165) is 12.2 Å². The summed E-state index contributed by atoms with van der Waals surface area (Å²) in [5.41, 5.74) is 9.53. The summed E-state index contributed by atoms with van der Waals surface area (Å²) in [6.07, 6.45) is 2.16. The molecule has 0 fully saturated rings. The van der Waals surface area contributed by atoms with Crippen molar-refractivity contribution in [2.24, 2.45) is 0 Å². The number of aromatic nitrogens is 4. The maximum absolute atomic E-state index is 5.76. The van der Waals surface area contributed by atoms with Crippen molar-refractivity contribution in [3.05, 3.63) is 47.5 Å². The lowest BCUT2D eigenvalue weighted by Gasteiger charge is -1.98. The van der Waals surface area contributed by atoms with Crippen LogP contribution in [0.4, 0.5) is 5.82 Å². The lowest BCUT2D eigenvalue weighted by molar-refractivity contribution is 1.03. The minimum atomic E-state index is 0.433. The number of nitrogen functional groups attached to an aromatic ring is 1. The van der Waals surface area contributed by atoms with E-state index in [1.54, 1.807) is 0 Å². The summed E-state index contributed by atoms with van der Waals surface area (Å²) in [5, 5.41) is 0. The molecule has 2 aromatic heterocycles. The van der Waals surface area contributed by atoms with Gasteiger partial charge < -0.3 is 10.7 Å². The van der Waals surface area contributed by atoms with Gasteiger partial charge in [0.05, 0.1) is 0 Å². The van der Waals surface area contributed by atoms with Gasteiger partial charge in [-0.2, -0.15) is 0 Å². The van der Waals surface area contributed by atoms with Crippen LogP contribution in [-0.4, -0.2) is 19.9 Å². The van der Waals surface area contributed by atoms with Crippen molar-refractivity contribution >= 4 is 17.0 Å². The van der Waals surface area contributed by atoms with Crippen LogP contribution in [0.3, 0.4) is 0 Å². The second-order valence-electron chi connectivity index (χ2n) is 4.30. The Balaban J connectivity index is 1.95. The van der Waals surface area contributed by atoms with Gasteiger partial charge in [0.15, 0.2) is 11.5 Å². The fraction of sp³-hybridized carbons (Fsp3) is 0.154. The Bertz CT molecular complexity index is 684. The monoisotopic (exact) mass is 239 g/mol. The van der Waals surface area contributed by atoms with E-state index in [-0.39, 0.29) is 0 Å². The largest absolute Gasteiger partial charge is 0.382 e. The number of imidazole rings is 1. The predicted octanol–water partition coefficient (Wildman–Crippen LogP) is 1.83. The molecule has 90 valence electrons. The average Bonchev–Trinajstić information content (AvgIpc) is 2.76. The van der Waals surface area contributed by atoms with Crippen LogP contribution in [0.2, 0.25) is 0 Å². The number of hydrogen-bond acceptors (Lipinski definition) is 4. The van der Waals surface area contributed by atoms with E-state index in [4.69, 9.17) is 5.73 Å². The van der Waals surface area contributed by atoms with E-state index < -0.39 is 0 Å². The summed E-state index contributed by atoms with van der Waals surface area (Å²) in [6, 6.07) is 8.37. The first kappa shape index (κ1) is 10.7. The van der Waals surface area contributed by atoms with Crippen molar-refractivity contribution in [3.63, 3.8) is 0 Å². The van der Waals surface area contributed by atoms with Crippen molar-refractivity contribution in [1.82, 2.24) is 19.9 Å². The predicted molar refractivity (Wildman–Crippen MR) is 70.1 cm³/mol. The fourth-order valence-electron chi connectivity index (χ4n) is 1.88. The fourth-order valence-corrected chi connectivity index (χ4v) is 1.88. The number of nitrogens with two attached hydrogens (primary N) is 1. The summed E-state index contributed by atoms with van der Waals surface area (Å²) < 4.78 is 0. The second kappa shape index (κ2) is 4.10. The van der Waals surface area contributed by atoms with Crippen LogP contribution < -0.4 is 5.73 Å². The molecule has 0 radical (unpaired) electrons. The molecular formula is C13H13N5. The number of benzene rings is 1. The number of hydrogen-bond donors (Lipinski definition) is 2.